The van der Waals surface area contributed by atoms with Gasteiger partial charge in [-0.1, -0.05) is 6.07 Å². The molecular formula is C13H15N3O3. The van der Waals surface area contributed by atoms with Crippen LogP contribution in [0.2, 0.25) is 0 Å². The highest BCUT2D eigenvalue weighted by atomic mass is 16.5. The molecule has 0 aliphatic carbocycles. The maximum Gasteiger partial charge on any atom is 0.336 e. The van der Waals surface area contributed by atoms with E-state index in [9.17, 15) is 9.90 Å². The Morgan fingerprint density at radius 1 is 1.53 bits per heavy atom. The van der Waals surface area contributed by atoms with Gasteiger partial charge in [0.05, 0.1) is 0 Å². The lowest BCUT2D eigenvalue weighted by atomic mass is 9.91. The van der Waals surface area contributed by atoms with Gasteiger partial charge in [-0.15, -0.1) is 0 Å². The number of nitrogens with zero attached hydrogens (tertiary/aromatic N) is 3. The molecule has 100 valence electrons. The predicted octanol–water partition coefficient (Wildman–Crippen LogP) is 1.02. The Morgan fingerprint density at radius 2 is 2.21 bits per heavy atom. The Labute approximate surface area is 111 Å². The number of pyridine rings is 1. The minimum atomic E-state index is -1.09. The van der Waals surface area contributed by atoms with Crippen LogP contribution in [0.25, 0.3) is 0 Å². The van der Waals surface area contributed by atoms with E-state index in [1.165, 1.54) is 7.11 Å². The number of carboxylic acid groups (broad SMARTS) is 1. The van der Waals surface area contributed by atoms with Crippen molar-refractivity contribution >= 4 is 11.8 Å². The van der Waals surface area contributed by atoms with E-state index in [-0.39, 0.29) is 0 Å². The minimum Gasteiger partial charge on any atom is -0.479 e. The maximum absolute atomic E-state index is 11.2. The van der Waals surface area contributed by atoms with E-state index in [2.05, 4.69) is 4.98 Å². The molecule has 0 atom stereocenters. The monoisotopic (exact) mass is 261 g/mol. The third-order valence-electron chi connectivity index (χ3n) is 3.52. The van der Waals surface area contributed by atoms with E-state index in [1.54, 1.807) is 12.1 Å². The summed E-state index contributed by atoms with van der Waals surface area (Å²) in [5, 5.41) is 18.1. The van der Waals surface area contributed by atoms with E-state index in [0.29, 0.717) is 37.4 Å². The first-order valence-corrected chi connectivity index (χ1v) is 6.02. The zero-order valence-electron chi connectivity index (χ0n) is 10.7. The molecule has 0 radical (unpaired) electrons. The van der Waals surface area contributed by atoms with Gasteiger partial charge in [-0.25, -0.2) is 9.78 Å². The number of nitriles is 1. The summed E-state index contributed by atoms with van der Waals surface area (Å²) in [5.41, 5.74) is -0.733. The third kappa shape index (κ3) is 2.51. The average Bonchev–Trinajstić information content (AvgIpc) is 2.47. The number of piperidine rings is 1. The van der Waals surface area contributed by atoms with Gasteiger partial charge < -0.3 is 14.7 Å². The smallest absolute Gasteiger partial charge is 0.336 e. The number of hydrogen-bond donors (Lipinski definition) is 1. The van der Waals surface area contributed by atoms with E-state index in [1.807, 2.05) is 17.0 Å². The maximum atomic E-state index is 11.2. The Kier molecular flexibility index (Phi) is 3.67. The number of carboxylic acids is 1. The van der Waals surface area contributed by atoms with Crippen LogP contribution in [0.4, 0.5) is 5.82 Å². The fourth-order valence-corrected chi connectivity index (χ4v) is 2.26. The van der Waals surface area contributed by atoms with Crippen LogP contribution >= 0.6 is 0 Å². The van der Waals surface area contributed by atoms with Crippen molar-refractivity contribution in [3.63, 3.8) is 0 Å². The molecule has 1 saturated heterocycles. The van der Waals surface area contributed by atoms with Crippen LogP contribution in [-0.4, -0.2) is 41.9 Å². The van der Waals surface area contributed by atoms with Crippen molar-refractivity contribution in [1.29, 1.82) is 5.26 Å². The van der Waals surface area contributed by atoms with Crippen LogP contribution in [0.1, 0.15) is 18.5 Å². The van der Waals surface area contributed by atoms with Crippen molar-refractivity contribution in [3.8, 4) is 6.07 Å². The molecule has 19 heavy (non-hydrogen) atoms. The molecule has 0 aromatic carbocycles. The van der Waals surface area contributed by atoms with Crippen LogP contribution in [0.5, 0.6) is 0 Å². The van der Waals surface area contributed by atoms with Crippen molar-refractivity contribution in [2.45, 2.75) is 18.4 Å². The number of methoxy groups -OCH3 is 1. The molecule has 1 fully saturated rings. The summed E-state index contributed by atoms with van der Waals surface area (Å²) >= 11 is 0. The number of carbonyl (C=O) groups is 1. The highest BCUT2D eigenvalue weighted by molar-refractivity contribution is 5.78. The number of aliphatic carboxylic acids is 1. The summed E-state index contributed by atoms with van der Waals surface area (Å²) in [6.45, 7) is 1.09. The molecule has 1 aromatic rings. The van der Waals surface area contributed by atoms with Crippen LogP contribution in [0.15, 0.2) is 18.2 Å². The molecule has 0 saturated carbocycles. The quantitative estimate of drug-likeness (QED) is 0.874. The zero-order chi connectivity index (χ0) is 13.9. The van der Waals surface area contributed by atoms with Crippen molar-refractivity contribution in [2.75, 3.05) is 25.1 Å². The first-order chi connectivity index (χ1) is 9.11. The third-order valence-corrected chi connectivity index (χ3v) is 3.52. The van der Waals surface area contributed by atoms with Crippen LogP contribution in [0.3, 0.4) is 0 Å². The van der Waals surface area contributed by atoms with E-state index >= 15 is 0 Å². The molecule has 2 heterocycles. The van der Waals surface area contributed by atoms with Gasteiger partial charge in [0.25, 0.3) is 0 Å². The molecular weight excluding hydrogens is 246 g/mol. The van der Waals surface area contributed by atoms with Crippen LogP contribution in [-0.2, 0) is 9.53 Å². The van der Waals surface area contributed by atoms with Gasteiger partial charge in [0.15, 0.2) is 5.60 Å². The summed E-state index contributed by atoms with van der Waals surface area (Å²) < 4.78 is 5.17. The largest absolute Gasteiger partial charge is 0.479 e. The SMILES string of the molecule is COC1(C(=O)O)CCN(c2cccc(C#N)n2)CC1. The molecule has 6 heteroatoms. The van der Waals surface area contributed by atoms with Gasteiger partial charge in [-0.3, -0.25) is 0 Å². The summed E-state index contributed by atoms with van der Waals surface area (Å²) in [6.07, 6.45) is 0.800. The topological polar surface area (TPSA) is 86.5 Å². The van der Waals surface area contributed by atoms with Crippen molar-refractivity contribution in [2.24, 2.45) is 0 Å². The predicted molar refractivity (Wildman–Crippen MR) is 67.8 cm³/mol. The van der Waals surface area contributed by atoms with Gasteiger partial charge in [0, 0.05) is 33.0 Å². The lowest BCUT2D eigenvalue weighted by molar-refractivity contribution is -0.164. The zero-order valence-corrected chi connectivity index (χ0v) is 10.7. The van der Waals surface area contributed by atoms with E-state index in [4.69, 9.17) is 10.00 Å². The van der Waals surface area contributed by atoms with Crippen LogP contribution < -0.4 is 4.90 Å². The first kappa shape index (κ1) is 13.3. The summed E-state index contributed by atoms with van der Waals surface area (Å²) in [7, 11) is 1.43. The molecule has 0 unspecified atom stereocenters. The fraction of sp³-hybridized carbons (Fsp3) is 0.462. The van der Waals surface area contributed by atoms with Crippen LogP contribution in [0, 0.1) is 11.3 Å². The summed E-state index contributed by atoms with van der Waals surface area (Å²) in [6, 6.07) is 7.23. The molecule has 1 aliphatic rings. The standard InChI is InChI=1S/C13H15N3O3/c1-19-13(12(17)18)5-7-16(8-6-13)11-4-2-3-10(9-14)15-11/h2-4H,5-8H2,1H3,(H,17,18). The number of aromatic nitrogens is 1. The van der Waals surface area contributed by atoms with Crippen molar-refractivity contribution < 1.29 is 14.6 Å². The lowest BCUT2D eigenvalue weighted by Crippen LogP contribution is -2.50. The van der Waals surface area contributed by atoms with Gasteiger partial charge in [0.1, 0.15) is 17.6 Å². The second-order valence-electron chi connectivity index (χ2n) is 4.48. The molecule has 0 spiro atoms. The Hall–Kier alpha value is -2.13. The second kappa shape index (κ2) is 5.24. The van der Waals surface area contributed by atoms with Gasteiger partial charge in [-0.05, 0) is 12.1 Å². The lowest BCUT2D eigenvalue weighted by Gasteiger charge is -2.38. The number of hydrogen-bond acceptors (Lipinski definition) is 5. The molecule has 0 amide bonds. The average molecular weight is 261 g/mol. The van der Waals surface area contributed by atoms with Gasteiger partial charge in [0.2, 0.25) is 0 Å². The van der Waals surface area contributed by atoms with Gasteiger partial charge in [-0.2, -0.15) is 5.26 Å². The van der Waals surface area contributed by atoms with Crippen molar-refractivity contribution in [1.82, 2.24) is 4.98 Å². The van der Waals surface area contributed by atoms with E-state index in [0.717, 1.165) is 0 Å². The second-order valence-corrected chi connectivity index (χ2v) is 4.48. The van der Waals surface area contributed by atoms with E-state index < -0.39 is 11.6 Å². The number of rotatable bonds is 3. The molecule has 6 nitrogen and oxygen atoms in total. The molecule has 1 aromatic heterocycles. The summed E-state index contributed by atoms with van der Waals surface area (Å²) in [4.78, 5) is 17.4. The Bertz CT molecular complexity index is 516. The normalized spacial score (nSPS) is 17.8. The van der Waals surface area contributed by atoms with Crippen molar-refractivity contribution in [3.05, 3.63) is 23.9 Å². The molecule has 1 aliphatic heterocycles. The Morgan fingerprint density at radius 3 is 2.74 bits per heavy atom. The highest BCUT2D eigenvalue weighted by Gasteiger charge is 2.42. The molecule has 1 N–H and O–H groups in total. The number of anilines is 1. The molecule has 0 bridgehead atoms. The van der Waals surface area contributed by atoms with Gasteiger partial charge >= 0.3 is 5.97 Å². The fourth-order valence-electron chi connectivity index (χ4n) is 2.26. The highest BCUT2D eigenvalue weighted by Crippen LogP contribution is 2.28. The minimum absolute atomic E-state index is 0.360. The molecule has 2 rings (SSSR count). The Balaban J connectivity index is 2.11. The first-order valence-electron chi connectivity index (χ1n) is 6.02. The summed E-state index contributed by atoms with van der Waals surface area (Å²) in [5.74, 6) is -0.220. The number of ether oxygens (including phenoxy) is 1.